The predicted molar refractivity (Wildman–Crippen MR) is 87.3 cm³/mol. The number of nitrogens with one attached hydrogen (secondary N) is 1. The van der Waals surface area contributed by atoms with Gasteiger partial charge >= 0.3 is 0 Å². The van der Waals surface area contributed by atoms with Gasteiger partial charge in [-0.1, -0.05) is 49.1 Å². The molecule has 4 nitrogen and oxygen atoms in total. The largest absolute Gasteiger partial charge is 0.350 e. The van der Waals surface area contributed by atoms with E-state index in [-0.39, 0.29) is 24.4 Å². The first-order valence-electron chi connectivity index (χ1n) is 8.15. The van der Waals surface area contributed by atoms with Gasteiger partial charge in [0.05, 0.1) is 6.54 Å². The third kappa shape index (κ3) is 4.86. The van der Waals surface area contributed by atoms with Crippen LogP contribution in [-0.2, 0) is 16.1 Å². The topological polar surface area (TPSA) is 49.4 Å². The molecular formula is C18H26N2O2. The van der Waals surface area contributed by atoms with Crippen molar-refractivity contribution in [2.45, 2.75) is 58.5 Å². The van der Waals surface area contributed by atoms with E-state index in [2.05, 4.69) is 5.32 Å². The summed E-state index contributed by atoms with van der Waals surface area (Å²) < 4.78 is 0. The average molecular weight is 302 g/mol. The molecule has 0 aliphatic heterocycles. The summed E-state index contributed by atoms with van der Waals surface area (Å²) in [5.74, 6) is -0.0845. The van der Waals surface area contributed by atoms with Crippen LogP contribution in [0.2, 0.25) is 0 Å². The van der Waals surface area contributed by atoms with Crippen molar-refractivity contribution in [3.8, 4) is 0 Å². The van der Waals surface area contributed by atoms with Gasteiger partial charge in [-0.3, -0.25) is 9.59 Å². The molecule has 2 amide bonds. The van der Waals surface area contributed by atoms with Crippen molar-refractivity contribution in [2.75, 3.05) is 6.54 Å². The molecule has 1 N–H and O–H groups in total. The lowest BCUT2D eigenvalue weighted by atomic mass is 9.94. The van der Waals surface area contributed by atoms with Crippen LogP contribution < -0.4 is 5.32 Å². The summed E-state index contributed by atoms with van der Waals surface area (Å²) in [5, 5.41) is 2.91. The maximum Gasteiger partial charge on any atom is 0.239 e. The molecule has 1 aliphatic rings. The zero-order valence-corrected chi connectivity index (χ0v) is 13.6. The van der Waals surface area contributed by atoms with Gasteiger partial charge in [-0.2, -0.15) is 0 Å². The molecule has 0 heterocycles. The third-order valence-corrected chi connectivity index (χ3v) is 4.34. The first kappa shape index (κ1) is 16.5. The Kier molecular flexibility index (Phi) is 5.99. The Labute approximate surface area is 132 Å². The molecule has 2 rings (SSSR count). The molecule has 120 valence electrons. The summed E-state index contributed by atoms with van der Waals surface area (Å²) in [4.78, 5) is 25.7. The molecule has 1 aliphatic carbocycles. The second-order valence-electron chi connectivity index (χ2n) is 6.20. The van der Waals surface area contributed by atoms with Gasteiger partial charge in [-0.15, -0.1) is 0 Å². The Balaban J connectivity index is 1.85. The molecule has 4 heteroatoms. The quantitative estimate of drug-likeness (QED) is 0.909. The fourth-order valence-corrected chi connectivity index (χ4v) is 3.01. The Hall–Kier alpha value is -1.84. The molecule has 0 bridgehead atoms. The predicted octanol–water partition coefficient (Wildman–Crippen LogP) is 2.79. The van der Waals surface area contributed by atoms with Crippen LogP contribution in [0.1, 0.15) is 50.2 Å². The number of hydrogen-bond donors (Lipinski definition) is 1. The second-order valence-corrected chi connectivity index (χ2v) is 6.20. The Bertz CT molecular complexity index is 504. The summed E-state index contributed by atoms with van der Waals surface area (Å²) in [6.07, 6.45) is 5.58. The van der Waals surface area contributed by atoms with Crippen LogP contribution in [0.5, 0.6) is 0 Å². The van der Waals surface area contributed by atoms with Crippen LogP contribution in [0.3, 0.4) is 0 Å². The lowest BCUT2D eigenvalue weighted by Crippen LogP contribution is -2.46. The van der Waals surface area contributed by atoms with Gasteiger partial charge in [0, 0.05) is 19.5 Å². The van der Waals surface area contributed by atoms with Crippen LogP contribution in [0.4, 0.5) is 0 Å². The Morgan fingerprint density at radius 1 is 1.14 bits per heavy atom. The second kappa shape index (κ2) is 7.97. The number of aryl methyl sites for hydroxylation is 1. The summed E-state index contributed by atoms with van der Waals surface area (Å²) in [5.41, 5.74) is 2.28. The van der Waals surface area contributed by atoms with E-state index in [1.807, 2.05) is 31.2 Å². The summed E-state index contributed by atoms with van der Waals surface area (Å²) in [6.45, 7) is 4.28. The molecule has 0 spiro atoms. The number of nitrogens with zero attached hydrogens (tertiary/aromatic N) is 1. The van der Waals surface area contributed by atoms with E-state index >= 15 is 0 Å². The van der Waals surface area contributed by atoms with E-state index in [4.69, 9.17) is 0 Å². The Morgan fingerprint density at radius 2 is 1.77 bits per heavy atom. The van der Waals surface area contributed by atoms with Crippen molar-refractivity contribution in [1.82, 2.24) is 10.2 Å². The fourth-order valence-electron chi connectivity index (χ4n) is 3.01. The van der Waals surface area contributed by atoms with Crippen molar-refractivity contribution in [3.05, 3.63) is 35.4 Å². The summed E-state index contributed by atoms with van der Waals surface area (Å²) in [6, 6.07) is 8.33. The minimum Gasteiger partial charge on any atom is -0.350 e. The van der Waals surface area contributed by atoms with Gasteiger partial charge < -0.3 is 10.2 Å². The normalized spacial score (nSPS) is 15.4. The third-order valence-electron chi connectivity index (χ3n) is 4.34. The van der Waals surface area contributed by atoms with Crippen LogP contribution in [0.15, 0.2) is 24.3 Å². The number of carbonyl (C=O) groups excluding carboxylic acids is 2. The molecule has 0 unspecified atom stereocenters. The first-order chi connectivity index (χ1) is 10.6. The van der Waals surface area contributed by atoms with Gasteiger partial charge in [-0.25, -0.2) is 0 Å². The van der Waals surface area contributed by atoms with Crippen molar-refractivity contribution >= 4 is 11.8 Å². The lowest BCUT2D eigenvalue weighted by molar-refractivity contribution is -0.137. The van der Waals surface area contributed by atoms with Crippen molar-refractivity contribution < 1.29 is 9.59 Å². The highest BCUT2D eigenvalue weighted by Gasteiger charge is 2.24. The van der Waals surface area contributed by atoms with E-state index < -0.39 is 0 Å². The van der Waals surface area contributed by atoms with Crippen LogP contribution >= 0.6 is 0 Å². The maximum absolute atomic E-state index is 12.1. The molecule has 1 aromatic rings. The van der Waals surface area contributed by atoms with E-state index in [0.717, 1.165) is 31.2 Å². The van der Waals surface area contributed by atoms with Crippen molar-refractivity contribution in [3.63, 3.8) is 0 Å². The van der Waals surface area contributed by atoms with Gasteiger partial charge in [0.25, 0.3) is 0 Å². The van der Waals surface area contributed by atoms with Crippen LogP contribution in [-0.4, -0.2) is 29.3 Å². The highest BCUT2D eigenvalue weighted by molar-refractivity contribution is 5.84. The Morgan fingerprint density at radius 3 is 2.36 bits per heavy atom. The monoisotopic (exact) mass is 302 g/mol. The number of hydrogen-bond acceptors (Lipinski definition) is 2. The zero-order valence-electron chi connectivity index (χ0n) is 13.6. The number of rotatable bonds is 5. The van der Waals surface area contributed by atoms with Gasteiger partial charge in [0.2, 0.25) is 11.8 Å². The minimum absolute atomic E-state index is 0.00242. The molecule has 0 saturated heterocycles. The maximum atomic E-state index is 12.1. The van der Waals surface area contributed by atoms with Crippen molar-refractivity contribution in [1.29, 1.82) is 0 Å². The van der Waals surface area contributed by atoms with E-state index in [1.54, 1.807) is 11.8 Å². The highest BCUT2D eigenvalue weighted by atomic mass is 16.2. The van der Waals surface area contributed by atoms with E-state index in [9.17, 15) is 9.59 Å². The van der Waals surface area contributed by atoms with Gasteiger partial charge in [-0.05, 0) is 25.3 Å². The SMILES string of the molecule is CC(=O)N(CC(=O)NCc1ccc(C)cc1)C1CCCCC1. The number of amides is 2. The van der Waals surface area contributed by atoms with Crippen molar-refractivity contribution in [2.24, 2.45) is 0 Å². The van der Waals surface area contributed by atoms with Gasteiger partial charge in [0.1, 0.15) is 0 Å². The minimum atomic E-state index is -0.0821. The van der Waals surface area contributed by atoms with Crippen LogP contribution in [0, 0.1) is 6.92 Å². The molecule has 1 fully saturated rings. The fraction of sp³-hybridized carbons (Fsp3) is 0.556. The lowest BCUT2D eigenvalue weighted by Gasteiger charge is -2.33. The average Bonchev–Trinajstić information content (AvgIpc) is 2.52. The molecule has 1 saturated carbocycles. The molecule has 0 atom stereocenters. The summed E-state index contributed by atoms with van der Waals surface area (Å²) in [7, 11) is 0. The van der Waals surface area contributed by atoms with E-state index in [1.165, 1.54) is 12.0 Å². The standard InChI is InChI=1S/C18H26N2O2/c1-14-8-10-16(11-9-14)12-19-18(22)13-20(15(2)21)17-6-4-3-5-7-17/h8-11,17H,3-7,12-13H2,1-2H3,(H,19,22). The zero-order chi connectivity index (χ0) is 15.9. The molecule has 22 heavy (non-hydrogen) atoms. The molecule has 0 aromatic heterocycles. The first-order valence-corrected chi connectivity index (χ1v) is 8.15. The number of benzene rings is 1. The smallest absolute Gasteiger partial charge is 0.239 e. The molecular weight excluding hydrogens is 276 g/mol. The molecule has 0 radical (unpaired) electrons. The number of carbonyl (C=O) groups is 2. The van der Waals surface area contributed by atoms with E-state index in [0.29, 0.717) is 6.54 Å². The molecule has 1 aromatic carbocycles. The van der Waals surface area contributed by atoms with Crippen LogP contribution in [0.25, 0.3) is 0 Å². The summed E-state index contributed by atoms with van der Waals surface area (Å²) >= 11 is 0. The highest BCUT2D eigenvalue weighted by Crippen LogP contribution is 2.22. The van der Waals surface area contributed by atoms with Gasteiger partial charge in [0.15, 0.2) is 0 Å².